The zero-order valence-electron chi connectivity index (χ0n) is 14.9. The third-order valence-corrected chi connectivity index (χ3v) is 4.15. The van der Waals surface area contributed by atoms with Crippen LogP contribution in [0, 0.1) is 0 Å². The van der Waals surface area contributed by atoms with Crippen LogP contribution in [0.2, 0.25) is 0 Å². The smallest absolute Gasteiger partial charge is 0.251 e. The number of amides is 1. The van der Waals surface area contributed by atoms with E-state index in [-0.39, 0.29) is 12.0 Å². The molecule has 3 rings (SSSR count). The molecule has 1 fully saturated rings. The summed E-state index contributed by atoms with van der Waals surface area (Å²) < 4.78 is 16.9. The van der Waals surface area contributed by atoms with Gasteiger partial charge in [0.25, 0.3) is 5.91 Å². The number of para-hydroxylation sites is 1. The van der Waals surface area contributed by atoms with Crippen molar-refractivity contribution in [3.63, 3.8) is 0 Å². The first-order valence-corrected chi connectivity index (χ1v) is 9.12. The van der Waals surface area contributed by atoms with Gasteiger partial charge in [0.05, 0.1) is 12.7 Å². The summed E-state index contributed by atoms with van der Waals surface area (Å²) in [5.74, 6) is 1.28. The van der Waals surface area contributed by atoms with Gasteiger partial charge < -0.3 is 19.5 Å². The third kappa shape index (κ3) is 5.86. The van der Waals surface area contributed by atoms with Crippen molar-refractivity contribution in [1.29, 1.82) is 0 Å². The molecule has 0 aromatic heterocycles. The van der Waals surface area contributed by atoms with Gasteiger partial charge in [0.15, 0.2) is 0 Å². The maximum atomic E-state index is 12.3. The second kappa shape index (κ2) is 9.94. The predicted molar refractivity (Wildman–Crippen MR) is 99.7 cm³/mol. The summed E-state index contributed by atoms with van der Waals surface area (Å²) >= 11 is 0. The van der Waals surface area contributed by atoms with Gasteiger partial charge in [0.1, 0.15) is 11.5 Å². The first-order valence-electron chi connectivity index (χ1n) is 9.12. The zero-order valence-corrected chi connectivity index (χ0v) is 14.9. The molecule has 26 heavy (non-hydrogen) atoms. The Hall–Kier alpha value is -2.37. The molecule has 1 atom stereocenters. The maximum Gasteiger partial charge on any atom is 0.251 e. The van der Waals surface area contributed by atoms with Gasteiger partial charge in [0, 0.05) is 25.3 Å². The second-order valence-corrected chi connectivity index (χ2v) is 6.26. The highest BCUT2D eigenvalue weighted by Crippen LogP contribution is 2.21. The van der Waals surface area contributed by atoms with Gasteiger partial charge in [-0.3, -0.25) is 4.79 Å². The molecule has 1 heterocycles. The highest BCUT2D eigenvalue weighted by molar-refractivity contribution is 5.94. The van der Waals surface area contributed by atoms with Crippen molar-refractivity contribution < 1.29 is 19.0 Å². The zero-order chi connectivity index (χ0) is 18.0. The number of carbonyl (C=O) groups is 1. The highest BCUT2D eigenvalue weighted by Gasteiger charge is 2.15. The molecule has 0 aliphatic carbocycles. The fourth-order valence-electron chi connectivity index (χ4n) is 2.79. The molecular weight excluding hydrogens is 330 g/mol. The van der Waals surface area contributed by atoms with Crippen LogP contribution in [0.25, 0.3) is 0 Å². The number of hydrogen-bond donors (Lipinski definition) is 1. The van der Waals surface area contributed by atoms with Gasteiger partial charge >= 0.3 is 0 Å². The van der Waals surface area contributed by atoms with Crippen molar-refractivity contribution in [3.05, 3.63) is 60.2 Å². The van der Waals surface area contributed by atoms with E-state index in [1.807, 2.05) is 42.5 Å². The predicted octanol–water partition coefficient (Wildman–Crippen LogP) is 3.79. The van der Waals surface area contributed by atoms with E-state index < -0.39 is 0 Å². The average molecular weight is 355 g/mol. The van der Waals surface area contributed by atoms with E-state index in [0.717, 1.165) is 31.6 Å². The minimum absolute atomic E-state index is 0.109. The summed E-state index contributed by atoms with van der Waals surface area (Å²) in [5.41, 5.74) is 0.582. The summed E-state index contributed by atoms with van der Waals surface area (Å²) in [6, 6.07) is 16.7. The molecule has 1 amide bonds. The Morgan fingerprint density at radius 2 is 1.96 bits per heavy atom. The third-order valence-electron chi connectivity index (χ3n) is 4.15. The first kappa shape index (κ1) is 18.4. The number of ether oxygens (including phenoxy) is 3. The first-order chi connectivity index (χ1) is 12.8. The molecule has 2 aromatic carbocycles. The van der Waals surface area contributed by atoms with Crippen LogP contribution < -0.4 is 10.1 Å². The monoisotopic (exact) mass is 355 g/mol. The molecule has 2 aromatic rings. The van der Waals surface area contributed by atoms with Crippen LogP contribution in [-0.2, 0) is 9.47 Å². The number of benzene rings is 2. The van der Waals surface area contributed by atoms with Crippen molar-refractivity contribution in [2.75, 3.05) is 26.4 Å². The molecule has 0 bridgehead atoms. The molecule has 1 aliphatic heterocycles. The molecule has 0 spiro atoms. The van der Waals surface area contributed by atoms with E-state index in [0.29, 0.717) is 31.1 Å². The van der Waals surface area contributed by atoms with Gasteiger partial charge in [-0.25, -0.2) is 0 Å². The summed E-state index contributed by atoms with van der Waals surface area (Å²) in [7, 11) is 0. The summed E-state index contributed by atoms with van der Waals surface area (Å²) in [6.45, 7) is 2.69. The van der Waals surface area contributed by atoms with Crippen molar-refractivity contribution in [2.24, 2.45) is 0 Å². The van der Waals surface area contributed by atoms with Crippen LogP contribution in [0.3, 0.4) is 0 Å². The fraction of sp³-hybridized carbons (Fsp3) is 0.381. The lowest BCUT2D eigenvalue weighted by molar-refractivity contribution is 0.0166. The Kier molecular flexibility index (Phi) is 7.05. The van der Waals surface area contributed by atoms with Gasteiger partial charge in [-0.2, -0.15) is 0 Å². The summed E-state index contributed by atoms with van der Waals surface area (Å²) in [5, 5.41) is 2.91. The highest BCUT2D eigenvalue weighted by atomic mass is 16.5. The fourth-order valence-corrected chi connectivity index (χ4v) is 2.79. The molecule has 138 valence electrons. The number of rotatable bonds is 9. The lowest BCUT2D eigenvalue weighted by Gasteiger charge is -2.11. The van der Waals surface area contributed by atoms with Crippen molar-refractivity contribution in [2.45, 2.75) is 25.4 Å². The van der Waals surface area contributed by atoms with Gasteiger partial charge in [-0.05, 0) is 49.6 Å². The second-order valence-electron chi connectivity index (χ2n) is 6.26. The average Bonchev–Trinajstić information content (AvgIpc) is 3.19. The summed E-state index contributed by atoms with van der Waals surface area (Å²) in [6.07, 6.45) is 3.23. The van der Waals surface area contributed by atoms with E-state index in [1.165, 1.54) is 0 Å². The van der Waals surface area contributed by atoms with Crippen LogP contribution in [0.15, 0.2) is 54.6 Å². The Morgan fingerprint density at radius 3 is 2.77 bits per heavy atom. The van der Waals surface area contributed by atoms with Crippen LogP contribution in [-0.4, -0.2) is 38.4 Å². The van der Waals surface area contributed by atoms with Gasteiger partial charge in [-0.15, -0.1) is 0 Å². The lowest BCUT2D eigenvalue weighted by atomic mass is 10.2. The SMILES string of the molecule is O=C(NCCCOCC1CCCO1)c1cccc(Oc2ccccc2)c1. The van der Waals surface area contributed by atoms with E-state index in [9.17, 15) is 4.79 Å². The van der Waals surface area contributed by atoms with Crippen molar-refractivity contribution in [3.8, 4) is 11.5 Å². The number of nitrogens with one attached hydrogen (secondary N) is 1. The Morgan fingerprint density at radius 1 is 1.12 bits per heavy atom. The standard InChI is InChI=1S/C21H25NO4/c23-21(22-12-6-13-24-16-20-11-5-14-25-20)17-7-4-10-19(15-17)26-18-8-2-1-3-9-18/h1-4,7-10,15,20H,5-6,11-14,16H2,(H,22,23). The van der Waals surface area contributed by atoms with Crippen molar-refractivity contribution >= 4 is 5.91 Å². The molecule has 1 aliphatic rings. The van der Waals surface area contributed by atoms with Crippen LogP contribution >= 0.6 is 0 Å². The molecule has 1 saturated heterocycles. The van der Waals surface area contributed by atoms with E-state index in [2.05, 4.69) is 5.32 Å². The minimum atomic E-state index is -0.109. The van der Waals surface area contributed by atoms with E-state index in [1.54, 1.807) is 12.1 Å². The molecule has 0 radical (unpaired) electrons. The normalized spacial score (nSPS) is 16.4. The topological polar surface area (TPSA) is 56.8 Å². The molecule has 5 nitrogen and oxygen atoms in total. The quantitative estimate of drug-likeness (QED) is 0.695. The Bertz CT molecular complexity index is 683. The maximum absolute atomic E-state index is 12.3. The van der Waals surface area contributed by atoms with Crippen LogP contribution in [0.4, 0.5) is 0 Å². The minimum Gasteiger partial charge on any atom is -0.457 e. The van der Waals surface area contributed by atoms with Gasteiger partial charge in [-0.1, -0.05) is 24.3 Å². The largest absolute Gasteiger partial charge is 0.457 e. The summed E-state index contributed by atoms with van der Waals surface area (Å²) in [4.78, 5) is 12.3. The number of hydrogen-bond acceptors (Lipinski definition) is 4. The molecule has 0 saturated carbocycles. The van der Waals surface area contributed by atoms with Crippen LogP contribution in [0.1, 0.15) is 29.6 Å². The molecule has 1 unspecified atom stereocenters. The van der Waals surface area contributed by atoms with Crippen LogP contribution in [0.5, 0.6) is 11.5 Å². The van der Waals surface area contributed by atoms with Gasteiger partial charge in [0.2, 0.25) is 0 Å². The Balaban J connectivity index is 1.38. The molecule has 1 N–H and O–H groups in total. The van der Waals surface area contributed by atoms with Crippen molar-refractivity contribution in [1.82, 2.24) is 5.32 Å². The number of carbonyl (C=O) groups excluding carboxylic acids is 1. The Labute approximate surface area is 154 Å². The lowest BCUT2D eigenvalue weighted by Crippen LogP contribution is -2.25. The molecule has 5 heteroatoms. The van der Waals surface area contributed by atoms with E-state index >= 15 is 0 Å². The molecular formula is C21H25NO4. The van der Waals surface area contributed by atoms with E-state index in [4.69, 9.17) is 14.2 Å².